The highest BCUT2D eigenvalue weighted by molar-refractivity contribution is 5.94. The number of nitrogen functional groups attached to an aromatic ring is 1. The third-order valence-electron chi connectivity index (χ3n) is 4.07. The van der Waals surface area contributed by atoms with Gasteiger partial charge in [-0.2, -0.15) is 0 Å². The molecule has 2 heterocycles. The summed E-state index contributed by atoms with van der Waals surface area (Å²) in [6.45, 7) is 8.41. The van der Waals surface area contributed by atoms with Crippen molar-refractivity contribution >= 4 is 11.6 Å². The summed E-state index contributed by atoms with van der Waals surface area (Å²) in [7, 11) is 0. The molecule has 1 aliphatic heterocycles. The maximum atomic E-state index is 12.8. The van der Waals surface area contributed by atoms with Gasteiger partial charge in [-0.25, -0.2) is 0 Å². The molecular weight excluding hydrogens is 238 g/mol. The molecule has 4 heteroatoms. The highest BCUT2D eigenvalue weighted by Crippen LogP contribution is 2.26. The third-order valence-corrected chi connectivity index (χ3v) is 4.07. The van der Waals surface area contributed by atoms with E-state index in [0.29, 0.717) is 23.5 Å². The number of anilines is 1. The van der Waals surface area contributed by atoms with E-state index in [-0.39, 0.29) is 11.9 Å². The monoisotopic (exact) mass is 263 g/mol. The van der Waals surface area contributed by atoms with E-state index in [0.717, 1.165) is 12.8 Å². The topological polar surface area (TPSA) is 51.3 Å². The highest BCUT2D eigenvalue weighted by Gasteiger charge is 2.31. The third kappa shape index (κ3) is 2.62. The Hall–Kier alpha value is -1.45. The zero-order chi connectivity index (χ0) is 14.2. The maximum absolute atomic E-state index is 12.8. The summed E-state index contributed by atoms with van der Waals surface area (Å²) in [4.78, 5) is 14.8. The minimum Gasteiger partial charge on any atom is -0.397 e. The molecule has 2 N–H and O–H groups in total. The van der Waals surface area contributed by atoms with Gasteiger partial charge in [-0.1, -0.05) is 0 Å². The quantitative estimate of drug-likeness (QED) is 0.891. The molecular formula is C15H25N3O. The van der Waals surface area contributed by atoms with Crippen molar-refractivity contribution in [2.24, 2.45) is 0 Å². The SMILES string of the molecule is CC1CCCC(C)N1C(=O)c1cc(N)cn1C(C)C. The average molecular weight is 263 g/mol. The molecule has 1 saturated heterocycles. The number of hydrogen-bond acceptors (Lipinski definition) is 2. The van der Waals surface area contributed by atoms with Crippen LogP contribution in [0.1, 0.15) is 63.5 Å². The molecule has 0 bridgehead atoms. The maximum Gasteiger partial charge on any atom is 0.271 e. The fraction of sp³-hybridized carbons (Fsp3) is 0.667. The van der Waals surface area contributed by atoms with Gasteiger partial charge in [-0.05, 0) is 53.0 Å². The zero-order valence-corrected chi connectivity index (χ0v) is 12.4. The molecule has 0 aliphatic carbocycles. The van der Waals surface area contributed by atoms with Crippen LogP contribution >= 0.6 is 0 Å². The molecule has 19 heavy (non-hydrogen) atoms. The lowest BCUT2D eigenvalue weighted by atomic mass is 9.97. The summed E-state index contributed by atoms with van der Waals surface area (Å²) < 4.78 is 1.98. The van der Waals surface area contributed by atoms with E-state index in [9.17, 15) is 4.79 Å². The van der Waals surface area contributed by atoms with Crippen LogP contribution in [-0.2, 0) is 0 Å². The lowest BCUT2D eigenvalue weighted by Crippen LogP contribution is -2.48. The van der Waals surface area contributed by atoms with Gasteiger partial charge in [-0.3, -0.25) is 4.79 Å². The van der Waals surface area contributed by atoms with Gasteiger partial charge in [0.05, 0.1) is 5.69 Å². The van der Waals surface area contributed by atoms with Crippen molar-refractivity contribution in [3.05, 3.63) is 18.0 Å². The van der Waals surface area contributed by atoms with Gasteiger partial charge in [-0.15, -0.1) is 0 Å². The second kappa shape index (κ2) is 5.27. The first-order valence-corrected chi connectivity index (χ1v) is 7.21. The molecule has 1 amide bonds. The highest BCUT2D eigenvalue weighted by atomic mass is 16.2. The first kappa shape index (κ1) is 14.0. The van der Waals surface area contributed by atoms with Crippen LogP contribution in [0.25, 0.3) is 0 Å². The minimum atomic E-state index is 0.116. The lowest BCUT2D eigenvalue weighted by molar-refractivity contribution is 0.0498. The van der Waals surface area contributed by atoms with Gasteiger partial charge >= 0.3 is 0 Å². The summed E-state index contributed by atoms with van der Waals surface area (Å²) in [5.41, 5.74) is 7.24. The Morgan fingerprint density at radius 3 is 2.42 bits per heavy atom. The minimum absolute atomic E-state index is 0.116. The van der Waals surface area contributed by atoms with E-state index >= 15 is 0 Å². The first-order valence-electron chi connectivity index (χ1n) is 7.21. The number of piperidine rings is 1. The van der Waals surface area contributed by atoms with Crippen LogP contribution < -0.4 is 5.73 Å². The molecule has 0 saturated carbocycles. The molecule has 2 unspecified atom stereocenters. The van der Waals surface area contributed by atoms with Crippen LogP contribution in [0.3, 0.4) is 0 Å². The Morgan fingerprint density at radius 2 is 1.89 bits per heavy atom. The number of carbonyl (C=O) groups excluding carboxylic acids is 1. The van der Waals surface area contributed by atoms with E-state index in [1.807, 2.05) is 15.7 Å². The number of carbonyl (C=O) groups is 1. The second-order valence-corrected chi connectivity index (χ2v) is 6.00. The largest absolute Gasteiger partial charge is 0.397 e. The Bertz CT molecular complexity index is 454. The average Bonchev–Trinajstić information content (AvgIpc) is 2.71. The number of likely N-dealkylation sites (tertiary alicyclic amines) is 1. The molecule has 1 aromatic heterocycles. The molecule has 4 nitrogen and oxygen atoms in total. The van der Waals surface area contributed by atoms with Gasteiger partial charge in [0.1, 0.15) is 5.69 Å². The molecule has 2 atom stereocenters. The summed E-state index contributed by atoms with van der Waals surface area (Å²) in [5.74, 6) is 0.116. The Balaban J connectivity index is 2.33. The Kier molecular flexibility index (Phi) is 3.88. The van der Waals surface area contributed by atoms with Gasteiger partial charge in [0.2, 0.25) is 0 Å². The number of aromatic nitrogens is 1. The molecule has 0 radical (unpaired) electrons. The number of nitrogens with two attached hydrogens (primary N) is 1. The zero-order valence-electron chi connectivity index (χ0n) is 12.4. The summed E-state index contributed by atoms with van der Waals surface area (Å²) in [5, 5.41) is 0. The van der Waals surface area contributed by atoms with Gasteiger partial charge < -0.3 is 15.2 Å². The molecule has 1 aliphatic rings. The van der Waals surface area contributed by atoms with Crippen LogP contribution in [0.4, 0.5) is 5.69 Å². The van der Waals surface area contributed by atoms with E-state index in [4.69, 9.17) is 5.73 Å². The summed E-state index contributed by atoms with van der Waals surface area (Å²) in [6.07, 6.45) is 5.25. The number of hydrogen-bond donors (Lipinski definition) is 1. The van der Waals surface area contributed by atoms with Crippen LogP contribution in [0.5, 0.6) is 0 Å². The lowest BCUT2D eigenvalue weighted by Gasteiger charge is -2.39. The van der Waals surface area contributed by atoms with Crippen molar-refractivity contribution < 1.29 is 4.79 Å². The predicted octanol–water partition coefficient (Wildman–Crippen LogP) is 3.05. The molecule has 1 aromatic rings. The molecule has 1 fully saturated rings. The van der Waals surface area contributed by atoms with Crippen molar-refractivity contribution in [1.82, 2.24) is 9.47 Å². The van der Waals surface area contributed by atoms with E-state index in [1.165, 1.54) is 6.42 Å². The van der Waals surface area contributed by atoms with Crippen molar-refractivity contribution in [1.29, 1.82) is 0 Å². The second-order valence-electron chi connectivity index (χ2n) is 6.00. The van der Waals surface area contributed by atoms with Gasteiger partial charge in [0.25, 0.3) is 5.91 Å². The number of amides is 1. The molecule has 2 rings (SSSR count). The van der Waals surface area contributed by atoms with Gasteiger partial charge in [0.15, 0.2) is 0 Å². The Labute approximate surface area is 115 Å². The predicted molar refractivity (Wildman–Crippen MR) is 78.2 cm³/mol. The smallest absolute Gasteiger partial charge is 0.271 e. The van der Waals surface area contributed by atoms with Crippen molar-refractivity contribution in [2.75, 3.05) is 5.73 Å². The van der Waals surface area contributed by atoms with Crippen molar-refractivity contribution in [3.63, 3.8) is 0 Å². The molecule has 0 spiro atoms. The van der Waals surface area contributed by atoms with Crippen LogP contribution in [0.2, 0.25) is 0 Å². The molecule has 106 valence electrons. The fourth-order valence-electron chi connectivity index (χ4n) is 3.05. The summed E-state index contributed by atoms with van der Waals surface area (Å²) in [6, 6.07) is 2.67. The van der Waals surface area contributed by atoms with Crippen molar-refractivity contribution in [2.45, 2.75) is 65.1 Å². The Morgan fingerprint density at radius 1 is 1.32 bits per heavy atom. The van der Waals surface area contributed by atoms with Crippen LogP contribution in [-0.4, -0.2) is 27.5 Å². The fourth-order valence-corrected chi connectivity index (χ4v) is 3.05. The number of nitrogens with zero attached hydrogens (tertiary/aromatic N) is 2. The van der Waals surface area contributed by atoms with Crippen LogP contribution in [0, 0.1) is 0 Å². The van der Waals surface area contributed by atoms with E-state index in [2.05, 4.69) is 27.7 Å². The summed E-state index contributed by atoms with van der Waals surface area (Å²) >= 11 is 0. The van der Waals surface area contributed by atoms with Crippen molar-refractivity contribution in [3.8, 4) is 0 Å². The van der Waals surface area contributed by atoms with Gasteiger partial charge in [0, 0.05) is 24.3 Å². The number of rotatable bonds is 2. The standard InChI is InChI=1S/C15H25N3O/c1-10(2)17-9-13(16)8-14(17)15(19)18-11(3)6-5-7-12(18)4/h8-12H,5-7,16H2,1-4H3. The van der Waals surface area contributed by atoms with E-state index < -0.39 is 0 Å². The van der Waals surface area contributed by atoms with Crippen LogP contribution in [0.15, 0.2) is 12.3 Å². The van der Waals surface area contributed by atoms with E-state index in [1.54, 1.807) is 6.07 Å². The normalized spacial score (nSPS) is 23.9. The molecule has 0 aromatic carbocycles. The first-order chi connectivity index (χ1) is 8.91.